The van der Waals surface area contributed by atoms with E-state index in [-0.39, 0.29) is 23.9 Å². The maximum atomic E-state index is 13.6. The molecule has 0 bridgehead atoms. The highest BCUT2D eigenvalue weighted by Crippen LogP contribution is 2.29. The third-order valence-electron chi connectivity index (χ3n) is 5.09. The van der Waals surface area contributed by atoms with Crippen LogP contribution in [0.5, 0.6) is 0 Å². The van der Waals surface area contributed by atoms with E-state index < -0.39 is 0 Å². The molecule has 4 rings (SSSR count). The summed E-state index contributed by atoms with van der Waals surface area (Å²) in [7, 11) is 0. The number of carbonyl (C=O) groups excluding carboxylic acids is 1. The largest absolute Gasteiger partial charge is 0.512 e. The molecule has 1 saturated carbocycles. The normalized spacial score (nSPS) is 17.5. The lowest BCUT2D eigenvalue weighted by Gasteiger charge is -2.14. The van der Waals surface area contributed by atoms with Crippen LogP contribution in [0.25, 0.3) is 11.0 Å². The van der Waals surface area contributed by atoms with Crippen molar-refractivity contribution < 1.29 is 14.3 Å². The highest BCUT2D eigenvalue weighted by molar-refractivity contribution is 6.06. The number of nitrogens with zero attached hydrogens (tertiary/aromatic N) is 2. The van der Waals surface area contributed by atoms with Crippen molar-refractivity contribution in [2.45, 2.75) is 39.2 Å². The van der Waals surface area contributed by atoms with Crippen molar-refractivity contribution in [2.24, 2.45) is 5.92 Å². The lowest BCUT2D eigenvalue weighted by atomic mass is 10.0. The molecule has 0 spiro atoms. The number of aryl methyl sites for hydroxylation is 1. The quantitative estimate of drug-likeness (QED) is 0.853. The van der Waals surface area contributed by atoms with Crippen LogP contribution in [0.2, 0.25) is 0 Å². The Kier molecular flexibility index (Phi) is 4.26. The summed E-state index contributed by atoms with van der Waals surface area (Å²) in [4.78, 5) is 17.0. The summed E-state index contributed by atoms with van der Waals surface area (Å²) in [5, 5.41) is 13.1. The molecule has 26 heavy (non-hydrogen) atoms. The van der Waals surface area contributed by atoms with Gasteiger partial charge in [0.25, 0.3) is 5.91 Å². The molecule has 1 fully saturated rings. The minimum Gasteiger partial charge on any atom is -0.512 e. The number of aliphatic hydroxyl groups is 1. The number of amides is 1. The zero-order valence-corrected chi connectivity index (χ0v) is 14.8. The van der Waals surface area contributed by atoms with Crippen LogP contribution < -0.4 is 5.32 Å². The summed E-state index contributed by atoms with van der Waals surface area (Å²) in [6, 6.07) is 1.89. The second kappa shape index (κ2) is 6.59. The van der Waals surface area contributed by atoms with E-state index >= 15 is 0 Å². The van der Waals surface area contributed by atoms with Gasteiger partial charge in [-0.1, -0.05) is 0 Å². The molecule has 5 nitrogen and oxygen atoms in total. The second-order valence-electron chi connectivity index (χ2n) is 7.21. The third-order valence-corrected chi connectivity index (χ3v) is 5.09. The van der Waals surface area contributed by atoms with E-state index in [1.807, 2.05) is 17.6 Å². The summed E-state index contributed by atoms with van der Waals surface area (Å²) in [6.45, 7) is 2.95. The Morgan fingerprint density at radius 2 is 2.23 bits per heavy atom. The number of fused-ring (bicyclic) bond motifs is 1. The lowest BCUT2D eigenvalue weighted by molar-refractivity contribution is 0.0953. The fourth-order valence-corrected chi connectivity index (χ4v) is 3.40. The zero-order chi connectivity index (χ0) is 18.3. The van der Waals surface area contributed by atoms with E-state index in [2.05, 4.69) is 10.3 Å². The van der Waals surface area contributed by atoms with Crippen molar-refractivity contribution in [2.75, 3.05) is 6.54 Å². The Morgan fingerprint density at radius 3 is 3.00 bits per heavy atom. The molecule has 0 saturated heterocycles. The minimum atomic E-state index is -0.230. The van der Waals surface area contributed by atoms with Crippen LogP contribution >= 0.6 is 0 Å². The van der Waals surface area contributed by atoms with Gasteiger partial charge in [0.05, 0.1) is 23.4 Å². The molecular formula is C20H22FN3O2. The van der Waals surface area contributed by atoms with Gasteiger partial charge in [0.1, 0.15) is 11.3 Å². The van der Waals surface area contributed by atoms with Crippen LogP contribution in [0.4, 0.5) is 4.39 Å². The number of aliphatic hydroxyl groups excluding tert-OH is 1. The Morgan fingerprint density at radius 1 is 1.42 bits per heavy atom. The fourth-order valence-electron chi connectivity index (χ4n) is 3.40. The highest BCUT2D eigenvalue weighted by atomic mass is 19.1. The molecule has 0 aliphatic heterocycles. The van der Waals surface area contributed by atoms with E-state index in [0.717, 1.165) is 11.1 Å². The molecule has 1 amide bonds. The van der Waals surface area contributed by atoms with Gasteiger partial charge < -0.3 is 15.0 Å². The van der Waals surface area contributed by atoms with Crippen LogP contribution in [0.15, 0.2) is 41.7 Å². The molecule has 2 heterocycles. The summed E-state index contributed by atoms with van der Waals surface area (Å²) in [5.74, 6) is 0.433. The van der Waals surface area contributed by atoms with Gasteiger partial charge in [-0.2, -0.15) is 0 Å². The van der Waals surface area contributed by atoms with Crippen molar-refractivity contribution >= 4 is 16.9 Å². The van der Waals surface area contributed by atoms with E-state index in [1.165, 1.54) is 18.9 Å². The van der Waals surface area contributed by atoms with Crippen molar-refractivity contribution in [3.05, 3.63) is 52.8 Å². The Balaban J connectivity index is 1.71. The molecule has 0 radical (unpaired) electrons. The molecule has 0 aromatic carbocycles. The van der Waals surface area contributed by atoms with Crippen molar-refractivity contribution in [3.8, 4) is 0 Å². The van der Waals surface area contributed by atoms with Crippen LogP contribution in [-0.4, -0.2) is 27.1 Å². The third kappa shape index (κ3) is 3.23. The monoisotopic (exact) mass is 355 g/mol. The Hall–Kier alpha value is -2.63. The lowest BCUT2D eigenvalue weighted by Crippen LogP contribution is -2.25. The van der Waals surface area contributed by atoms with E-state index in [4.69, 9.17) is 0 Å². The van der Waals surface area contributed by atoms with Crippen LogP contribution in [-0.2, 0) is 6.54 Å². The number of hydrogen-bond donors (Lipinski definition) is 2. The molecule has 2 aliphatic rings. The van der Waals surface area contributed by atoms with Gasteiger partial charge in [-0.25, -0.2) is 4.39 Å². The summed E-state index contributed by atoms with van der Waals surface area (Å²) in [6.07, 6.45) is 7.72. The molecular weight excluding hydrogens is 333 g/mol. The average Bonchev–Trinajstić information content (AvgIpc) is 3.37. The molecule has 0 unspecified atom stereocenters. The summed E-state index contributed by atoms with van der Waals surface area (Å²) in [5.41, 5.74) is 3.52. The molecule has 136 valence electrons. The zero-order valence-electron chi connectivity index (χ0n) is 14.8. The van der Waals surface area contributed by atoms with Gasteiger partial charge in [0.2, 0.25) is 0 Å². The maximum Gasteiger partial charge on any atom is 0.255 e. The van der Waals surface area contributed by atoms with Gasteiger partial charge in [-0.15, -0.1) is 0 Å². The number of nitrogens with one attached hydrogen (secondary N) is 1. The Bertz CT molecular complexity index is 938. The molecule has 2 aliphatic carbocycles. The van der Waals surface area contributed by atoms with Gasteiger partial charge in [0.15, 0.2) is 0 Å². The van der Waals surface area contributed by atoms with E-state index in [9.17, 15) is 14.3 Å². The maximum absolute atomic E-state index is 13.6. The molecule has 2 aromatic rings. The standard InChI is InChI=1S/C20H22FN3O2/c1-12-6-7-22-18-16(20(26)23-9-13-2-3-13)11-24(19(12)18)10-14-8-15(21)4-5-17(14)25/h6-8,11,13,25H,2-5,9-10H2,1H3,(H,23,26). The fraction of sp³-hybridized carbons (Fsp3) is 0.400. The van der Waals surface area contributed by atoms with E-state index in [0.29, 0.717) is 42.1 Å². The van der Waals surface area contributed by atoms with E-state index in [1.54, 1.807) is 12.4 Å². The second-order valence-corrected chi connectivity index (χ2v) is 7.21. The molecule has 2 aromatic heterocycles. The number of carbonyl (C=O) groups is 1. The average molecular weight is 355 g/mol. The van der Waals surface area contributed by atoms with Crippen molar-refractivity contribution in [3.63, 3.8) is 0 Å². The van der Waals surface area contributed by atoms with Crippen molar-refractivity contribution in [1.29, 1.82) is 0 Å². The van der Waals surface area contributed by atoms with Gasteiger partial charge in [-0.3, -0.25) is 9.78 Å². The van der Waals surface area contributed by atoms with Crippen LogP contribution in [0.3, 0.4) is 0 Å². The number of allylic oxidation sites excluding steroid dienone is 4. The highest BCUT2D eigenvalue weighted by Gasteiger charge is 2.24. The number of halogens is 1. The molecule has 0 atom stereocenters. The molecule has 2 N–H and O–H groups in total. The smallest absolute Gasteiger partial charge is 0.255 e. The summed E-state index contributed by atoms with van der Waals surface area (Å²) < 4.78 is 15.5. The minimum absolute atomic E-state index is 0.137. The SMILES string of the molecule is Cc1ccnc2c(C(=O)NCC3CC3)cn(CC3=C(O)CCC(F)=C3)c12. The predicted octanol–water partition coefficient (Wildman–Crippen LogP) is 3.94. The van der Waals surface area contributed by atoms with Crippen LogP contribution in [0, 0.1) is 12.8 Å². The predicted molar refractivity (Wildman–Crippen MR) is 97.6 cm³/mol. The number of rotatable bonds is 5. The number of aromatic nitrogens is 2. The topological polar surface area (TPSA) is 67.2 Å². The number of hydrogen-bond acceptors (Lipinski definition) is 3. The molecule has 6 heteroatoms. The summed E-state index contributed by atoms with van der Waals surface area (Å²) >= 11 is 0. The first-order valence-corrected chi connectivity index (χ1v) is 9.02. The van der Waals surface area contributed by atoms with Gasteiger partial charge >= 0.3 is 0 Å². The first-order chi connectivity index (χ1) is 12.5. The first kappa shape index (κ1) is 16.8. The Labute approximate surface area is 151 Å². The van der Waals surface area contributed by atoms with Gasteiger partial charge in [-0.05, 0) is 43.4 Å². The van der Waals surface area contributed by atoms with Crippen molar-refractivity contribution in [1.82, 2.24) is 14.9 Å². The number of pyridine rings is 1. The first-order valence-electron chi connectivity index (χ1n) is 9.02. The van der Waals surface area contributed by atoms with Gasteiger partial charge in [0, 0.05) is 37.4 Å². The van der Waals surface area contributed by atoms with Crippen LogP contribution in [0.1, 0.15) is 41.6 Å².